The molecule has 2 fully saturated rings. The lowest BCUT2D eigenvalue weighted by Gasteiger charge is -2.28. The first kappa shape index (κ1) is 11.5. The van der Waals surface area contributed by atoms with Crippen LogP contribution in [0.3, 0.4) is 0 Å². The van der Waals surface area contributed by atoms with Gasteiger partial charge in [0.25, 0.3) is 0 Å². The molecule has 0 aromatic carbocycles. The molecule has 0 radical (unpaired) electrons. The molecular weight excluding hydrogens is 230 g/mol. The van der Waals surface area contributed by atoms with Crippen LogP contribution in [0, 0.1) is 11.3 Å². The molecule has 1 amide bonds. The van der Waals surface area contributed by atoms with Gasteiger partial charge in [-0.1, -0.05) is 6.08 Å². The van der Waals surface area contributed by atoms with E-state index in [1.807, 2.05) is 26.8 Å². The highest BCUT2D eigenvalue weighted by Crippen LogP contribution is 2.65. The molecule has 0 aromatic rings. The van der Waals surface area contributed by atoms with Crippen molar-refractivity contribution in [2.75, 3.05) is 6.54 Å². The number of piperidine rings is 1. The Balaban J connectivity index is 1.84. The summed E-state index contributed by atoms with van der Waals surface area (Å²) in [5.74, 6) is 0.414. The Hall–Kier alpha value is -1.58. The quantitative estimate of drug-likeness (QED) is 0.659. The fraction of sp³-hybridized carbons (Fsp3) is 0.571. The van der Waals surface area contributed by atoms with Crippen LogP contribution in [0.2, 0.25) is 0 Å². The van der Waals surface area contributed by atoms with Crippen LogP contribution in [0.25, 0.3) is 0 Å². The summed E-state index contributed by atoms with van der Waals surface area (Å²) < 4.78 is 5.38. The Bertz CT molecular complexity index is 498. The minimum Gasteiger partial charge on any atom is -0.443 e. The molecule has 3 aliphatic rings. The number of ketones is 1. The van der Waals surface area contributed by atoms with Gasteiger partial charge in [-0.3, -0.25) is 9.69 Å². The van der Waals surface area contributed by atoms with E-state index in [0.717, 1.165) is 12.1 Å². The lowest BCUT2D eigenvalue weighted by Crippen LogP contribution is -2.36. The second-order valence-electron chi connectivity index (χ2n) is 6.30. The molecule has 0 aromatic heterocycles. The molecule has 1 saturated heterocycles. The van der Waals surface area contributed by atoms with E-state index in [4.69, 9.17) is 4.74 Å². The molecule has 2 aliphatic carbocycles. The summed E-state index contributed by atoms with van der Waals surface area (Å²) >= 11 is 0. The first-order chi connectivity index (χ1) is 8.32. The van der Waals surface area contributed by atoms with Gasteiger partial charge in [0.05, 0.1) is 0 Å². The fourth-order valence-corrected chi connectivity index (χ4v) is 2.87. The van der Waals surface area contributed by atoms with Crippen molar-refractivity contribution in [1.29, 1.82) is 0 Å². The van der Waals surface area contributed by atoms with E-state index in [1.54, 1.807) is 17.1 Å². The Morgan fingerprint density at radius 2 is 2.22 bits per heavy atom. The second-order valence-corrected chi connectivity index (χ2v) is 6.30. The topological polar surface area (TPSA) is 46.6 Å². The largest absolute Gasteiger partial charge is 0.443 e. The van der Waals surface area contributed by atoms with Gasteiger partial charge < -0.3 is 4.74 Å². The van der Waals surface area contributed by atoms with Gasteiger partial charge in [0.15, 0.2) is 5.78 Å². The van der Waals surface area contributed by atoms with Gasteiger partial charge in [-0.15, -0.1) is 0 Å². The second kappa shape index (κ2) is 3.25. The third kappa shape index (κ3) is 1.59. The smallest absolute Gasteiger partial charge is 0.414 e. The molecule has 18 heavy (non-hydrogen) atoms. The maximum Gasteiger partial charge on any atom is 0.414 e. The molecule has 96 valence electrons. The molecule has 1 heterocycles. The van der Waals surface area contributed by atoms with E-state index < -0.39 is 5.60 Å². The van der Waals surface area contributed by atoms with Gasteiger partial charge in [0.2, 0.25) is 0 Å². The van der Waals surface area contributed by atoms with Crippen molar-refractivity contribution in [3.8, 4) is 0 Å². The Labute approximate surface area is 106 Å². The number of ether oxygens (including phenoxy) is 1. The summed E-state index contributed by atoms with van der Waals surface area (Å²) in [4.78, 5) is 25.2. The van der Waals surface area contributed by atoms with Crippen molar-refractivity contribution in [3.63, 3.8) is 0 Å². The van der Waals surface area contributed by atoms with Gasteiger partial charge in [-0.2, -0.15) is 0 Å². The lowest BCUT2D eigenvalue weighted by atomic mass is 9.95. The van der Waals surface area contributed by atoms with Crippen LogP contribution in [-0.4, -0.2) is 28.9 Å². The number of hydrogen-bond donors (Lipinski definition) is 0. The van der Waals surface area contributed by atoms with Crippen molar-refractivity contribution in [2.45, 2.75) is 32.8 Å². The Morgan fingerprint density at radius 1 is 1.50 bits per heavy atom. The summed E-state index contributed by atoms with van der Waals surface area (Å²) in [6.45, 7) is 6.20. The van der Waals surface area contributed by atoms with E-state index in [9.17, 15) is 9.59 Å². The van der Waals surface area contributed by atoms with Crippen LogP contribution in [0.15, 0.2) is 23.9 Å². The predicted octanol–water partition coefficient (Wildman–Crippen LogP) is 2.27. The predicted molar refractivity (Wildman–Crippen MR) is 65.7 cm³/mol. The van der Waals surface area contributed by atoms with Crippen molar-refractivity contribution in [3.05, 3.63) is 23.9 Å². The van der Waals surface area contributed by atoms with Crippen LogP contribution in [0.1, 0.15) is 27.2 Å². The van der Waals surface area contributed by atoms with Gasteiger partial charge in [0, 0.05) is 23.7 Å². The number of carbonyl (C=O) groups excluding carboxylic acids is 2. The lowest BCUT2D eigenvalue weighted by molar-refractivity contribution is -0.110. The highest BCUT2D eigenvalue weighted by molar-refractivity contribution is 6.02. The van der Waals surface area contributed by atoms with E-state index >= 15 is 0 Å². The zero-order chi connectivity index (χ0) is 13.1. The number of carbonyl (C=O) groups is 2. The average molecular weight is 247 g/mol. The van der Waals surface area contributed by atoms with E-state index in [1.165, 1.54) is 0 Å². The normalized spacial score (nSPS) is 32.8. The SMILES string of the molecule is CC(C)(C)OC(=O)N1C[C@@H]2C[C@@]23C=CC(=O)C=C13. The van der Waals surface area contributed by atoms with E-state index in [-0.39, 0.29) is 17.3 Å². The molecule has 3 rings (SSSR count). The highest BCUT2D eigenvalue weighted by atomic mass is 16.6. The van der Waals surface area contributed by atoms with Gasteiger partial charge in [0.1, 0.15) is 5.60 Å². The number of hydrogen-bond acceptors (Lipinski definition) is 3. The number of allylic oxidation sites excluding steroid dienone is 3. The van der Waals surface area contributed by atoms with Crippen molar-refractivity contribution < 1.29 is 14.3 Å². The highest BCUT2D eigenvalue weighted by Gasteiger charge is 2.64. The summed E-state index contributed by atoms with van der Waals surface area (Å²) in [5, 5.41) is 0. The number of rotatable bonds is 0. The van der Waals surface area contributed by atoms with Crippen molar-refractivity contribution in [1.82, 2.24) is 4.90 Å². The number of amides is 1. The maximum atomic E-state index is 12.1. The van der Waals surface area contributed by atoms with Crippen molar-refractivity contribution >= 4 is 11.9 Å². The molecule has 1 spiro atoms. The summed E-state index contributed by atoms with van der Waals surface area (Å²) in [6.07, 6.45) is 5.85. The number of likely N-dealkylation sites (tertiary alicyclic amines) is 1. The Morgan fingerprint density at radius 3 is 2.89 bits per heavy atom. The fourth-order valence-electron chi connectivity index (χ4n) is 2.87. The molecule has 1 aliphatic heterocycles. The van der Waals surface area contributed by atoms with Crippen LogP contribution in [0.5, 0.6) is 0 Å². The molecule has 1 saturated carbocycles. The molecular formula is C14H17NO3. The minimum absolute atomic E-state index is 0.0447. The molecule has 4 heteroatoms. The van der Waals surface area contributed by atoms with Crippen molar-refractivity contribution in [2.24, 2.45) is 11.3 Å². The molecule has 0 bridgehead atoms. The zero-order valence-corrected chi connectivity index (χ0v) is 10.9. The van der Waals surface area contributed by atoms with Crippen LogP contribution < -0.4 is 0 Å². The molecule has 0 unspecified atom stereocenters. The van der Waals surface area contributed by atoms with Crippen LogP contribution >= 0.6 is 0 Å². The van der Waals surface area contributed by atoms with Crippen LogP contribution in [-0.2, 0) is 9.53 Å². The van der Waals surface area contributed by atoms with Gasteiger partial charge >= 0.3 is 6.09 Å². The average Bonchev–Trinajstić information content (AvgIpc) is 2.83. The zero-order valence-electron chi connectivity index (χ0n) is 10.9. The number of nitrogens with zero attached hydrogens (tertiary/aromatic N) is 1. The summed E-state index contributed by atoms with van der Waals surface area (Å²) in [7, 11) is 0. The maximum absolute atomic E-state index is 12.1. The third-order valence-electron chi connectivity index (χ3n) is 3.76. The first-order valence-electron chi connectivity index (χ1n) is 6.28. The summed E-state index contributed by atoms with van der Waals surface area (Å²) in [5.41, 5.74) is 0.269. The monoisotopic (exact) mass is 247 g/mol. The van der Waals surface area contributed by atoms with E-state index in [0.29, 0.717) is 12.5 Å². The summed E-state index contributed by atoms with van der Waals surface area (Å²) in [6, 6.07) is 0. The minimum atomic E-state index is -0.508. The first-order valence-corrected chi connectivity index (χ1v) is 6.28. The molecule has 2 atom stereocenters. The molecule has 4 nitrogen and oxygen atoms in total. The molecule has 0 N–H and O–H groups in total. The standard InChI is InChI=1S/C14H17NO3/c1-13(2,3)18-12(17)15-8-9-7-14(9)5-4-10(16)6-11(14)15/h4-6,9H,7-8H2,1-3H3/t9-,14-/m0/s1. The van der Waals surface area contributed by atoms with Gasteiger partial charge in [-0.25, -0.2) is 4.79 Å². The van der Waals surface area contributed by atoms with E-state index in [2.05, 4.69) is 0 Å². The Kier molecular flexibility index (Phi) is 2.08. The van der Waals surface area contributed by atoms with Gasteiger partial charge in [-0.05, 0) is 39.2 Å². The van der Waals surface area contributed by atoms with Crippen LogP contribution in [0.4, 0.5) is 4.79 Å². The third-order valence-corrected chi connectivity index (χ3v) is 3.76.